The van der Waals surface area contributed by atoms with Crippen molar-refractivity contribution in [2.45, 2.75) is 42.8 Å². The molecule has 0 aromatic heterocycles. The van der Waals surface area contributed by atoms with Crippen LogP contribution in [0.1, 0.15) is 32.6 Å². The van der Waals surface area contributed by atoms with E-state index in [1.807, 2.05) is 0 Å². The standard InChI is InChI=1S/C14H17NO4S/c1-10(16)15-11-6-8-12(9-7-11)20(18,19)14-5-3-2-4-13(14)17/h6-9,14H,2-5H2,1H3,(H,15,16). The Labute approximate surface area is 118 Å². The maximum atomic E-state index is 12.4. The molecular formula is C14H17NO4S. The van der Waals surface area contributed by atoms with Gasteiger partial charge in [-0.25, -0.2) is 8.42 Å². The van der Waals surface area contributed by atoms with Crippen LogP contribution in [0.5, 0.6) is 0 Å². The van der Waals surface area contributed by atoms with E-state index in [1.165, 1.54) is 31.2 Å². The lowest BCUT2D eigenvalue weighted by Gasteiger charge is -2.20. The van der Waals surface area contributed by atoms with Crippen LogP contribution in [-0.4, -0.2) is 25.4 Å². The lowest BCUT2D eigenvalue weighted by molar-refractivity contribution is -0.119. The van der Waals surface area contributed by atoms with Gasteiger partial charge in [0.1, 0.15) is 5.25 Å². The molecule has 2 rings (SSSR count). The van der Waals surface area contributed by atoms with Gasteiger partial charge in [-0.1, -0.05) is 6.42 Å². The van der Waals surface area contributed by atoms with Gasteiger partial charge in [0.25, 0.3) is 0 Å². The highest BCUT2D eigenvalue weighted by molar-refractivity contribution is 7.92. The number of hydrogen-bond acceptors (Lipinski definition) is 4. The molecule has 5 nitrogen and oxygen atoms in total. The molecule has 1 unspecified atom stereocenters. The molecule has 1 aliphatic carbocycles. The van der Waals surface area contributed by atoms with Crippen LogP contribution in [0.15, 0.2) is 29.2 Å². The maximum Gasteiger partial charge on any atom is 0.221 e. The monoisotopic (exact) mass is 295 g/mol. The molecule has 0 aliphatic heterocycles. The van der Waals surface area contributed by atoms with Crippen LogP contribution in [0.25, 0.3) is 0 Å². The third-order valence-corrected chi connectivity index (χ3v) is 5.55. The minimum absolute atomic E-state index is 0.131. The molecule has 0 spiro atoms. The molecule has 1 aromatic carbocycles. The van der Waals surface area contributed by atoms with Crippen LogP contribution < -0.4 is 5.32 Å². The van der Waals surface area contributed by atoms with Gasteiger partial charge in [-0.15, -0.1) is 0 Å². The van der Waals surface area contributed by atoms with Gasteiger partial charge >= 0.3 is 0 Å². The molecule has 0 bridgehead atoms. The van der Waals surface area contributed by atoms with E-state index in [2.05, 4.69) is 5.32 Å². The minimum Gasteiger partial charge on any atom is -0.326 e. The normalized spacial score (nSPS) is 19.6. The highest BCUT2D eigenvalue weighted by Gasteiger charge is 2.35. The van der Waals surface area contributed by atoms with Crippen LogP contribution in [-0.2, 0) is 19.4 Å². The number of benzene rings is 1. The molecule has 1 N–H and O–H groups in total. The number of amides is 1. The van der Waals surface area contributed by atoms with Gasteiger partial charge < -0.3 is 5.32 Å². The molecule has 108 valence electrons. The second-order valence-corrected chi connectivity index (χ2v) is 7.08. The summed E-state index contributed by atoms with van der Waals surface area (Å²) in [6, 6.07) is 5.92. The predicted octanol–water partition coefficient (Wildman–Crippen LogP) is 1.93. The number of ketones is 1. The average molecular weight is 295 g/mol. The summed E-state index contributed by atoms with van der Waals surface area (Å²) < 4.78 is 24.8. The molecule has 1 aromatic rings. The summed E-state index contributed by atoms with van der Waals surface area (Å²) >= 11 is 0. The zero-order valence-electron chi connectivity index (χ0n) is 11.3. The molecule has 20 heavy (non-hydrogen) atoms. The second-order valence-electron chi connectivity index (χ2n) is 4.95. The Morgan fingerprint density at radius 1 is 1.20 bits per heavy atom. The van der Waals surface area contributed by atoms with Crippen LogP contribution in [0.3, 0.4) is 0 Å². The van der Waals surface area contributed by atoms with Crippen molar-refractivity contribution in [1.82, 2.24) is 0 Å². The number of Topliss-reactive ketones (excluding diaryl/α,β-unsaturated/α-hetero) is 1. The number of hydrogen-bond donors (Lipinski definition) is 1. The van der Waals surface area contributed by atoms with Crippen LogP contribution in [0, 0.1) is 0 Å². The van der Waals surface area contributed by atoms with Crippen molar-refractivity contribution >= 4 is 27.2 Å². The van der Waals surface area contributed by atoms with Crippen molar-refractivity contribution in [3.05, 3.63) is 24.3 Å². The number of carbonyl (C=O) groups is 2. The Balaban J connectivity index is 2.25. The van der Waals surface area contributed by atoms with Crippen molar-refractivity contribution in [3.8, 4) is 0 Å². The summed E-state index contributed by atoms with van der Waals surface area (Å²) in [5.74, 6) is -0.412. The number of rotatable bonds is 3. The minimum atomic E-state index is -3.62. The topological polar surface area (TPSA) is 80.3 Å². The smallest absolute Gasteiger partial charge is 0.221 e. The molecule has 1 atom stereocenters. The highest BCUT2D eigenvalue weighted by atomic mass is 32.2. The van der Waals surface area contributed by atoms with E-state index in [4.69, 9.17) is 0 Å². The molecule has 1 fully saturated rings. The van der Waals surface area contributed by atoms with Gasteiger partial charge in [-0.2, -0.15) is 0 Å². The molecular weight excluding hydrogens is 278 g/mol. The Morgan fingerprint density at radius 2 is 1.85 bits per heavy atom. The van der Waals surface area contributed by atoms with Gasteiger partial charge in [0.05, 0.1) is 4.90 Å². The van der Waals surface area contributed by atoms with Crippen molar-refractivity contribution in [1.29, 1.82) is 0 Å². The van der Waals surface area contributed by atoms with Crippen molar-refractivity contribution in [3.63, 3.8) is 0 Å². The molecule has 0 saturated heterocycles. The van der Waals surface area contributed by atoms with Gasteiger partial charge in [-0.3, -0.25) is 9.59 Å². The summed E-state index contributed by atoms with van der Waals surface area (Å²) in [6.45, 7) is 1.38. The third-order valence-electron chi connectivity index (χ3n) is 3.38. The molecule has 1 aliphatic rings. The fraction of sp³-hybridized carbons (Fsp3) is 0.429. The van der Waals surface area contributed by atoms with Gasteiger partial charge in [0.2, 0.25) is 5.91 Å². The van der Waals surface area contributed by atoms with E-state index in [0.29, 0.717) is 18.5 Å². The summed E-state index contributed by atoms with van der Waals surface area (Å²) in [4.78, 5) is 22.8. The lowest BCUT2D eigenvalue weighted by Crippen LogP contribution is -2.33. The first kappa shape index (κ1) is 14.7. The number of sulfone groups is 1. The van der Waals surface area contributed by atoms with Gasteiger partial charge in [0, 0.05) is 19.0 Å². The van der Waals surface area contributed by atoms with E-state index in [9.17, 15) is 18.0 Å². The first-order chi connectivity index (χ1) is 9.41. The lowest BCUT2D eigenvalue weighted by atomic mass is 9.99. The number of anilines is 1. The summed E-state index contributed by atoms with van der Waals surface area (Å²) in [7, 11) is -3.62. The van der Waals surface area contributed by atoms with Crippen molar-refractivity contribution < 1.29 is 18.0 Å². The SMILES string of the molecule is CC(=O)Nc1ccc(S(=O)(=O)C2CCCCC2=O)cc1. The zero-order valence-corrected chi connectivity index (χ0v) is 12.1. The van der Waals surface area contributed by atoms with E-state index >= 15 is 0 Å². The fourth-order valence-electron chi connectivity index (χ4n) is 2.37. The van der Waals surface area contributed by atoms with Crippen LogP contribution in [0.2, 0.25) is 0 Å². The van der Waals surface area contributed by atoms with Crippen LogP contribution in [0.4, 0.5) is 5.69 Å². The number of nitrogens with one attached hydrogen (secondary N) is 1. The van der Waals surface area contributed by atoms with Crippen LogP contribution >= 0.6 is 0 Å². The third kappa shape index (κ3) is 3.07. The maximum absolute atomic E-state index is 12.4. The van der Waals surface area contributed by atoms with E-state index in [0.717, 1.165) is 12.8 Å². The Hall–Kier alpha value is -1.69. The highest BCUT2D eigenvalue weighted by Crippen LogP contribution is 2.27. The first-order valence-corrected chi connectivity index (χ1v) is 8.10. The molecule has 1 saturated carbocycles. The summed E-state index contributed by atoms with van der Waals surface area (Å²) in [6.07, 6.45) is 2.27. The Morgan fingerprint density at radius 3 is 2.40 bits per heavy atom. The number of carbonyl (C=O) groups excluding carboxylic acids is 2. The molecule has 1 amide bonds. The molecule has 0 heterocycles. The van der Waals surface area contributed by atoms with E-state index < -0.39 is 15.1 Å². The van der Waals surface area contributed by atoms with Gasteiger partial charge in [-0.05, 0) is 37.1 Å². The van der Waals surface area contributed by atoms with E-state index in [-0.39, 0.29) is 16.6 Å². The average Bonchev–Trinajstić information content (AvgIpc) is 2.39. The predicted molar refractivity (Wildman–Crippen MR) is 75.2 cm³/mol. The largest absolute Gasteiger partial charge is 0.326 e. The molecule has 0 radical (unpaired) electrons. The Bertz CT molecular complexity index is 619. The quantitative estimate of drug-likeness (QED) is 0.924. The fourth-order valence-corrected chi connectivity index (χ4v) is 4.16. The zero-order chi connectivity index (χ0) is 14.8. The second kappa shape index (κ2) is 5.75. The Kier molecular flexibility index (Phi) is 4.23. The first-order valence-electron chi connectivity index (χ1n) is 6.55. The van der Waals surface area contributed by atoms with Gasteiger partial charge in [0.15, 0.2) is 15.6 Å². The summed E-state index contributed by atoms with van der Waals surface area (Å²) in [5, 5.41) is 1.66. The summed E-state index contributed by atoms with van der Waals surface area (Å²) in [5.41, 5.74) is 0.534. The van der Waals surface area contributed by atoms with Crippen molar-refractivity contribution in [2.75, 3.05) is 5.32 Å². The van der Waals surface area contributed by atoms with E-state index in [1.54, 1.807) is 0 Å². The molecule has 6 heteroatoms. The van der Waals surface area contributed by atoms with Crippen molar-refractivity contribution in [2.24, 2.45) is 0 Å².